The van der Waals surface area contributed by atoms with Gasteiger partial charge in [0.2, 0.25) is 17.7 Å². The number of nitrogens with one attached hydrogen (secondary N) is 4. The Labute approximate surface area is 218 Å². The number of nitrogens with two attached hydrogens (primary N) is 3. The fraction of sp³-hybridized carbons (Fsp3) is 0.600. The number of carboxylic acid groups (broad SMARTS) is 1. The van der Waals surface area contributed by atoms with Crippen LogP contribution in [0.1, 0.15) is 25.0 Å². The number of amides is 3. The van der Waals surface area contributed by atoms with Gasteiger partial charge in [0.25, 0.3) is 0 Å². The zero-order valence-corrected chi connectivity index (χ0v) is 21.7. The van der Waals surface area contributed by atoms with Crippen LogP contribution in [-0.2, 0) is 25.6 Å². The average Bonchev–Trinajstić information content (AvgIpc) is 3.34. The lowest BCUT2D eigenvalue weighted by Gasteiger charge is -2.24. The van der Waals surface area contributed by atoms with Crippen LogP contribution >= 0.6 is 24.4 Å². The number of aromatic nitrogens is 2. The number of thioether (sulfide) groups is 1. The number of H-pyrrole nitrogens is 1. The first-order valence-corrected chi connectivity index (χ1v) is 13.1. The van der Waals surface area contributed by atoms with Crippen molar-refractivity contribution in [1.29, 1.82) is 0 Å². The fourth-order valence-electron chi connectivity index (χ4n) is 3.01. The first-order valence-electron chi connectivity index (χ1n) is 11.1. The molecule has 36 heavy (non-hydrogen) atoms. The molecule has 0 bridgehead atoms. The van der Waals surface area contributed by atoms with Gasteiger partial charge in [0, 0.05) is 30.6 Å². The monoisotopic (exact) mass is 545 g/mol. The molecule has 202 valence electrons. The lowest BCUT2D eigenvalue weighted by Crippen LogP contribution is -2.58. The molecule has 3 amide bonds. The van der Waals surface area contributed by atoms with E-state index in [0.717, 1.165) is 0 Å². The summed E-state index contributed by atoms with van der Waals surface area (Å²) in [5.74, 6) is -2.74. The summed E-state index contributed by atoms with van der Waals surface area (Å²) in [7, 11) is 0. The normalized spacial score (nSPS) is 14.1. The van der Waals surface area contributed by atoms with Gasteiger partial charge < -0.3 is 43.2 Å². The van der Waals surface area contributed by atoms with E-state index in [1.807, 2.05) is 6.26 Å². The molecule has 16 heteroatoms. The third kappa shape index (κ3) is 11.6. The van der Waals surface area contributed by atoms with Crippen LogP contribution in [0.3, 0.4) is 0 Å². The van der Waals surface area contributed by atoms with Crippen molar-refractivity contribution in [2.45, 2.75) is 49.9 Å². The Morgan fingerprint density at radius 1 is 1.11 bits per heavy atom. The highest BCUT2D eigenvalue weighted by molar-refractivity contribution is 7.98. The number of nitrogens with zero attached hydrogens (tertiary/aromatic N) is 2. The van der Waals surface area contributed by atoms with Crippen molar-refractivity contribution in [3.63, 3.8) is 0 Å². The molecule has 0 spiro atoms. The van der Waals surface area contributed by atoms with E-state index in [9.17, 15) is 24.3 Å². The van der Waals surface area contributed by atoms with Crippen molar-refractivity contribution in [2.75, 3.05) is 24.3 Å². The summed E-state index contributed by atoms with van der Waals surface area (Å²) in [6, 6.07) is -4.22. The zero-order valence-electron chi connectivity index (χ0n) is 20.0. The largest absolute Gasteiger partial charge is 0.480 e. The minimum atomic E-state index is -1.23. The summed E-state index contributed by atoms with van der Waals surface area (Å²) >= 11 is 5.59. The molecule has 0 saturated heterocycles. The lowest BCUT2D eigenvalue weighted by molar-refractivity contribution is -0.142. The van der Waals surface area contributed by atoms with Crippen LogP contribution in [0.5, 0.6) is 0 Å². The van der Waals surface area contributed by atoms with E-state index in [0.29, 0.717) is 17.9 Å². The standard InChI is InChI=1S/C20H35N9O5S2/c1-36-6-4-13(17(31)28-14(19(33)34)3-2-5-25-20(22)23)27-18(32)15(9-35)29-16(30)12(21)7-11-8-24-10-26-11/h8,10,12-15,35H,2-7,9,21H2,1H3,(H,24,26)(H,27,32)(H,28,31)(H,29,30)(H,33,34)(H4,22,23,25). The molecular formula is C20H35N9O5S2. The van der Waals surface area contributed by atoms with Gasteiger partial charge in [-0.2, -0.15) is 24.4 Å². The highest BCUT2D eigenvalue weighted by Crippen LogP contribution is 2.06. The highest BCUT2D eigenvalue weighted by atomic mass is 32.2. The smallest absolute Gasteiger partial charge is 0.326 e. The minimum absolute atomic E-state index is 0.0479. The third-order valence-electron chi connectivity index (χ3n) is 4.95. The first kappa shape index (κ1) is 31.1. The zero-order chi connectivity index (χ0) is 27.1. The maximum absolute atomic E-state index is 12.9. The molecule has 0 aliphatic heterocycles. The number of aliphatic imine (C=N–C) groups is 1. The number of hydrogen-bond acceptors (Lipinski definition) is 9. The predicted molar refractivity (Wildman–Crippen MR) is 140 cm³/mol. The Morgan fingerprint density at radius 2 is 1.75 bits per heavy atom. The van der Waals surface area contributed by atoms with Crippen molar-refractivity contribution in [2.24, 2.45) is 22.2 Å². The average molecular weight is 546 g/mol. The lowest BCUT2D eigenvalue weighted by atomic mass is 10.1. The van der Waals surface area contributed by atoms with Crippen LogP contribution in [0, 0.1) is 0 Å². The molecule has 0 aliphatic rings. The van der Waals surface area contributed by atoms with Crippen LogP contribution in [0.2, 0.25) is 0 Å². The number of aromatic amines is 1. The molecule has 4 atom stereocenters. The van der Waals surface area contributed by atoms with Crippen LogP contribution in [0.15, 0.2) is 17.5 Å². The van der Waals surface area contributed by atoms with Crippen molar-refractivity contribution < 1.29 is 24.3 Å². The molecular weight excluding hydrogens is 510 g/mol. The van der Waals surface area contributed by atoms with Gasteiger partial charge in [-0.3, -0.25) is 19.4 Å². The molecule has 1 aromatic heterocycles. The molecule has 1 aromatic rings. The second kappa shape index (κ2) is 16.6. The number of aliphatic carboxylic acids is 1. The van der Waals surface area contributed by atoms with E-state index in [2.05, 4.69) is 43.5 Å². The van der Waals surface area contributed by atoms with Gasteiger partial charge in [-0.15, -0.1) is 0 Å². The van der Waals surface area contributed by atoms with Gasteiger partial charge in [-0.25, -0.2) is 9.78 Å². The Bertz CT molecular complexity index is 881. The SMILES string of the molecule is CSCCC(NC(=O)C(CS)NC(=O)C(N)Cc1cnc[nH]1)C(=O)NC(CCCN=C(N)N)C(=O)O. The number of thiol groups is 1. The van der Waals surface area contributed by atoms with Gasteiger partial charge in [0.05, 0.1) is 12.4 Å². The summed E-state index contributed by atoms with van der Waals surface area (Å²) < 4.78 is 0. The minimum Gasteiger partial charge on any atom is -0.480 e. The van der Waals surface area contributed by atoms with Crippen LogP contribution < -0.4 is 33.2 Å². The summed E-state index contributed by atoms with van der Waals surface area (Å²) in [6.07, 6.45) is 5.67. The van der Waals surface area contributed by atoms with Gasteiger partial charge in [0.15, 0.2) is 5.96 Å². The predicted octanol–water partition coefficient (Wildman–Crippen LogP) is -2.44. The fourth-order valence-corrected chi connectivity index (χ4v) is 3.74. The number of carbonyl (C=O) groups is 4. The van der Waals surface area contributed by atoms with Crippen LogP contribution in [0.25, 0.3) is 0 Å². The van der Waals surface area contributed by atoms with Crippen molar-refractivity contribution >= 4 is 54.0 Å². The second-order valence-electron chi connectivity index (χ2n) is 7.82. The highest BCUT2D eigenvalue weighted by Gasteiger charge is 2.29. The van der Waals surface area contributed by atoms with Gasteiger partial charge in [0.1, 0.15) is 18.1 Å². The first-order chi connectivity index (χ1) is 17.1. The number of carboxylic acids is 1. The quantitative estimate of drug-likeness (QED) is 0.0433. The molecule has 4 unspecified atom stereocenters. The van der Waals surface area contributed by atoms with E-state index in [1.54, 1.807) is 0 Å². The summed E-state index contributed by atoms with van der Waals surface area (Å²) in [4.78, 5) is 60.3. The molecule has 0 fully saturated rings. The van der Waals surface area contributed by atoms with E-state index in [1.165, 1.54) is 24.3 Å². The van der Waals surface area contributed by atoms with Crippen LogP contribution in [0.4, 0.5) is 0 Å². The Kier molecular flexibility index (Phi) is 14.4. The Morgan fingerprint density at radius 3 is 2.31 bits per heavy atom. The molecule has 1 rings (SSSR count). The second-order valence-corrected chi connectivity index (χ2v) is 9.17. The van der Waals surface area contributed by atoms with Crippen LogP contribution in [-0.4, -0.2) is 93.2 Å². The summed E-state index contributed by atoms with van der Waals surface area (Å²) in [6.45, 7) is 0.209. The number of imidazole rings is 1. The third-order valence-corrected chi connectivity index (χ3v) is 5.96. The van der Waals surface area contributed by atoms with Crippen molar-refractivity contribution in [3.05, 3.63) is 18.2 Å². The van der Waals surface area contributed by atoms with E-state index >= 15 is 0 Å². The number of guanidine groups is 1. The van der Waals surface area contributed by atoms with Crippen molar-refractivity contribution in [3.8, 4) is 0 Å². The summed E-state index contributed by atoms with van der Waals surface area (Å²) in [5.41, 5.74) is 17.1. The molecule has 11 N–H and O–H groups in total. The van der Waals surface area contributed by atoms with Crippen molar-refractivity contribution in [1.82, 2.24) is 25.9 Å². The van der Waals surface area contributed by atoms with Gasteiger partial charge in [-0.05, 0) is 31.3 Å². The molecule has 14 nitrogen and oxygen atoms in total. The molecule has 0 aliphatic carbocycles. The Balaban J connectivity index is 2.77. The number of hydrogen-bond donors (Lipinski definition) is 9. The molecule has 0 radical (unpaired) electrons. The van der Waals surface area contributed by atoms with Gasteiger partial charge >= 0.3 is 5.97 Å². The maximum Gasteiger partial charge on any atom is 0.326 e. The van der Waals surface area contributed by atoms with E-state index in [4.69, 9.17) is 17.2 Å². The maximum atomic E-state index is 12.9. The number of carbonyl (C=O) groups excluding carboxylic acids is 3. The molecule has 0 aromatic carbocycles. The molecule has 0 saturated carbocycles. The topological polar surface area (TPSA) is 244 Å². The van der Waals surface area contributed by atoms with E-state index < -0.39 is 47.9 Å². The number of rotatable bonds is 17. The van der Waals surface area contributed by atoms with E-state index in [-0.39, 0.29) is 37.5 Å². The van der Waals surface area contributed by atoms with Gasteiger partial charge in [-0.1, -0.05) is 0 Å². The summed E-state index contributed by atoms with van der Waals surface area (Å²) in [5, 5.41) is 17.0. The Hall–Kier alpha value is -2.98. The molecule has 1 heterocycles.